The molecule has 6 heteroatoms. The standard InChI is InChI=1S/C21H34ClN3O2/c1-3-25(4-2)19-8-9-24(17-19)16-18-6-5-7-20(21(18)22)27-15-12-23-10-13-26-14-11-23/h5-7,19H,3-4,8-17H2,1-2H3. The summed E-state index contributed by atoms with van der Waals surface area (Å²) in [6.07, 6.45) is 1.25. The van der Waals surface area contributed by atoms with Gasteiger partial charge in [-0.25, -0.2) is 0 Å². The summed E-state index contributed by atoms with van der Waals surface area (Å²) >= 11 is 6.67. The number of likely N-dealkylation sites (N-methyl/N-ethyl adjacent to an activating group) is 1. The van der Waals surface area contributed by atoms with Gasteiger partial charge in [0.2, 0.25) is 0 Å². The summed E-state index contributed by atoms with van der Waals surface area (Å²) in [5.41, 5.74) is 1.17. The molecule has 0 amide bonds. The van der Waals surface area contributed by atoms with Gasteiger partial charge in [0, 0.05) is 45.3 Å². The highest BCUT2D eigenvalue weighted by atomic mass is 35.5. The maximum absolute atomic E-state index is 6.67. The molecule has 2 aliphatic heterocycles. The fourth-order valence-corrected chi connectivity index (χ4v) is 4.37. The molecule has 0 N–H and O–H groups in total. The molecule has 2 aliphatic rings. The number of benzene rings is 1. The molecule has 1 aromatic rings. The molecule has 152 valence electrons. The second-order valence-electron chi connectivity index (χ2n) is 7.43. The maximum Gasteiger partial charge on any atom is 0.138 e. The lowest BCUT2D eigenvalue weighted by molar-refractivity contribution is 0.0322. The van der Waals surface area contributed by atoms with Gasteiger partial charge in [-0.05, 0) is 31.1 Å². The molecule has 3 rings (SSSR count). The number of halogens is 1. The van der Waals surface area contributed by atoms with Gasteiger partial charge in [0.25, 0.3) is 0 Å². The topological polar surface area (TPSA) is 28.2 Å². The molecule has 1 atom stereocenters. The van der Waals surface area contributed by atoms with Crippen LogP contribution in [0.2, 0.25) is 5.02 Å². The van der Waals surface area contributed by atoms with Crippen LogP contribution < -0.4 is 4.74 Å². The van der Waals surface area contributed by atoms with Gasteiger partial charge in [-0.1, -0.05) is 37.6 Å². The number of hydrogen-bond acceptors (Lipinski definition) is 5. The van der Waals surface area contributed by atoms with Gasteiger partial charge in [-0.3, -0.25) is 14.7 Å². The average Bonchev–Trinajstić information content (AvgIpc) is 3.15. The minimum Gasteiger partial charge on any atom is -0.491 e. The summed E-state index contributed by atoms with van der Waals surface area (Å²) in [6.45, 7) is 15.1. The summed E-state index contributed by atoms with van der Waals surface area (Å²) in [5, 5.41) is 0.769. The van der Waals surface area contributed by atoms with Crippen molar-refractivity contribution in [2.24, 2.45) is 0 Å². The summed E-state index contributed by atoms with van der Waals surface area (Å²) in [5.74, 6) is 0.807. The van der Waals surface area contributed by atoms with Crippen LogP contribution in [0, 0.1) is 0 Å². The van der Waals surface area contributed by atoms with Gasteiger partial charge < -0.3 is 9.47 Å². The van der Waals surface area contributed by atoms with Gasteiger partial charge in [0.1, 0.15) is 12.4 Å². The van der Waals surface area contributed by atoms with Gasteiger partial charge in [-0.15, -0.1) is 0 Å². The number of nitrogens with zero attached hydrogens (tertiary/aromatic N) is 3. The molecule has 0 aliphatic carbocycles. The van der Waals surface area contributed by atoms with E-state index < -0.39 is 0 Å². The molecule has 2 fully saturated rings. The number of rotatable bonds is 9. The van der Waals surface area contributed by atoms with Crippen molar-refractivity contribution in [3.8, 4) is 5.75 Å². The highest BCUT2D eigenvalue weighted by Gasteiger charge is 2.26. The zero-order chi connectivity index (χ0) is 19.1. The maximum atomic E-state index is 6.67. The minimum absolute atomic E-state index is 0.664. The third-order valence-corrected chi connectivity index (χ3v) is 6.21. The summed E-state index contributed by atoms with van der Waals surface area (Å²) in [7, 11) is 0. The highest BCUT2D eigenvalue weighted by Crippen LogP contribution is 2.30. The Morgan fingerprint density at radius 2 is 1.93 bits per heavy atom. The predicted molar refractivity (Wildman–Crippen MR) is 111 cm³/mol. The molecule has 0 radical (unpaired) electrons. The van der Waals surface area contributed by atoms with Crippen molar-refractivity contribution in [3.63, 3.8) is 0 Å². The fraction of sp³-hybridized carbons (Fsp3) is 0.714. The van der Waals surface area contributed by atoms with Crippen LogP contribution in [0.3, 0.4) is 0 Å². The largest absolute Gasteiger partial charge is 0.491 e. The number of likely N-dealkylation sites (tertiary alicyclic amines) is 1. The van der Waals surface area contributed by atoms with Crippen LogP contribution in [0.5, 0.6) is 5.75 Å². The molecule has 2 heterocycles. The van der Waals surface area contributed by atoms with Crippen LogP contribution in [-0.4, -0.2) is 86.4 Å². The van der Waals surface area contributed by atoms with E-state index in [1.54, 1.807) is 0 Å². The van der Waals surface area contributed by atoms with Crippen molar-refractivity contribution in [2.75, 3.05) is 65.6 Å². The molecule has 0 saturated carbocycles. The first-order chi connectivity index (χ1) is 13.2. The van der Waals surface area contributed by atoms with Crippen LogP contribution in [0.4, 0.5) is 0 Å². The first-order valence-electron chi connectivity index (χ1n) is 10.4. The Labute approximate surface area is 169 Å². The van der Waals surface area contributed by atoms with E-state index >= 15 is 0 Å². The molecule has 1 unspecified atom stereocenters. The van der Waals surface area contributed by atoms with Crippen LogP contribution in [0.25, 0.3) is 0 Å². The molecule has 2 saturated heterocycles. The normalized spacial score (nSPS) is 21.9. The Morgan fingerprint density at radius 3 is 2.67 bits per heavy atom. The first kappa shape index (κ1) is 20.9. The van der Waals surface area contributed by atoms with Crippen molar-refractivity contribution < 1.29 is 9.47 Å². The summed E-state index contributed by atoms with van der Waals surface area (Å²) in [4.78, 5) is 7.45. The number of morpholine rings is 1. The van der Waals surface area contributed by atoms with E-state index in [0.717, 1.165) is 76.3 Å². The zero-order valence-corrected chi connectivity index (χ0v) is 17.6. The Balaban J connectivity index is 1.50. The lowest BCUT2D eigenvalue weighted by Crippen LogP contribution is -2.38. The number of hydrogen-bond donors (Lipinski definition) is 0. The first-order valence-corrected chi connectivity index (χ1v) is 10.8. The summed E-state index contributed by atoms with van der Waals surface area (Å²) in [6, 6.07) is 6.84. The monoisotopic (exact) mass is 395 g/mol. The number of ether oxygens (including phenoxy) is 2. The third-order valence-electron chi connectivity index (χ3n) is 5.78. The Kier molecular flexibility index (Phi) is 8.22. The van der Waals surface area contributed by atoms with Crippen molar-refractivity contribution >= 4 is 11.6 Å². The predicted octanol–water partition coefficient (Wildman–Crippen LogP) is 2.97. The van der Waals surface area contributed by atoms with E-state index in [1.807, 2.05) is 6.07 Å². The van der Waals surface area contributed by atoms with E-state index in [2.05, 4.69) is 40.7 Å². The van der Waals surface area contributed by atoms with Crippen LogP contribution >= 0.6 is 11.6 Å². The fourth-order valence-electron chi connectivity index (χ4n) is 4.13. The van der Waals surface area contributed by atoms with E-state index in [-0.39, 0.29) is 0 Å². The van der Waals surface area contributed by atoms with Crippen molar-refractivity contribution in [3.05, 3.63) is 28.8 Å². The second kappa shape index (κ2) is 10.6. The van der Waals surface area contributed by atoms with Gasteiger partial charge >= 0.3 is 0 Å². The minimum atomic E-state index is 0.664. The quantitative estimate of drug-likeness (QED) is 0.641. The smallest absolute Gasteiger partial charge is 0.138 e. The Bertz CT molecular complexity index is 577. The molecule has 27 heavy (non-hydrogen) atoms. The molecule has 1 aromatic carbocycles. The molecular weight excluding hydrogens is 362 g/mol. The molecule has 0 spiro atoms. The van der Waals surface area contributed by atoms with Crippen molar-refractivity contribution in [1.29, 1.82) is 0 Å². The second-order valence-corrected chi connectivity index (χ2v) is 7.81. The van der Waals surface area contributed by atoms with Crippen molar-refractivity contribution in [1.82, 2.24) is 14.7 Å². The Morgan fingerprint density at radius 1 is 1.15 bits per heavy atom. The molecule has 0 bridgehead atoms. The summed E-state index contributed by atoms with van der Waals surface area (Å²) < 4.78 is 11.4. The van der Waals surface area contributed by atoms with E-state index in [4.69, 9.17) is 21.1 Å². The SMILES string of the molecule is CCN(CC)C1CCN(Cc2cccc(OCCN3CCOCC3)c2Cl)C1. The van der Waals surface area contributed by atoms with Gasteiger partial charge in [0.05, 0.1) is 18.2 Å². The van der Waals surface area contributed by atoms with Gasteiger partial charge in [-0.2, -0.15) is 0 Å². The average molecular weight is 396 g/mol. The van der Waals surface area contributed by atoms with Crippen LogP contribution in [0.1, 0.15) is 25.8 Å². The van der Waals surface area contributed by atoms with Crippen LogP contribution in [-0.2, 0) is 11.3 Å². The lowest BCUT2D eigenvalue weighted by atomic mass is 10.2. The van der Waals surface area contributed by atoms with E-state index in [0.29, 0.717) is 12.6 Å². The Hall–Kier alpha value is -0.850. The third kappa shape index (κ3) is 5.81. The van der Waals surface area contributed by atoms with Crippen LogP contribution in [0.15, 0.2) is 18.2 Å². The van der Waals surface area contributed by atoms with E-state index in [9.17, 15) is 0 Å². The highest BCUT2D eigenvalue weighted by molar-refractivity contribution is 6.32. The molecule has 5 nitrogen and oxygen atoms in total. The zero-order valence-electron chi connectivity index (χ0n) is 16.8. The van der Waals surface area contributed by atoms with Gasteiger partial charge in [0.15, 0.2) is 0 Å². The molecular formula is C21H34ClN3O2. The molecule has 0 aromatic heterocycles. The lowest BCUT2D eigenvalue weighted by Gasteiger charge is -2.27. The van der Waals surface area contributed by atoms with E-state index in [1.165, 1.54) is 12.0 Å². The van der Waals surface area contributed by atoms with Crippen molar-refractivity contribution in [2.45, 2.75) is 32.9 Å².